The predicted octanol–water partition coefficient (Wildman–Crippen LogP) is 4.86. The highest BCUT2D eigenvalue weighted by Crippen LogP contribution is 2.57. The molecule has 1 spiro atoms. The van der Waals surface area contributed by atoms with Gasteiger partial charge < -0.3 is 34.0 Å². The maximum Gasteiger partial charge on any atom is 0.363 e. The summed E-state index contributed by atoms with van der Waals surface area (Å²) in [7, 11) is 0. The molecule has 230 valence electrons. The molecule has 0 amide bonds. The maximum absolute atomic E-state index is 13.5. The normalized spacial score (nSPS) is 13.9. The number of benzene rings is 3. The average Bonchev–Trinajstić information content (AvgIpc) is 3.47. The Kier molecular flexibility index (Phi) is 6.99. The average molecular weight is 614 g/mol. The largest absolute Gasteiger partial charge is 0.492 e. The molecule has 3 heterocycles. The van der Waals surface area contributed by atoms with Crippen LogP contribution in [0.4, 0.5) is 0 Å². The molecule has 6 rings (SSSR count). The van der Waals surface area contributed by atoms with Crippen LogP contribution in [0.3, 0.4) is 0 Å². The van der Waals surface area contributed by atoms with Crippen molar-refractivity contribution in [2.24, 2.45) is 11.8 Å². The van der Waals surface area contributed by atoms with E-state index in [0.29, 0.717) is 21.4 Å². The number of ether oxygens (including phenoxy) is 4. The lowest BCUT2D eigenvalue weighted by Crippen LogP contribution is -2.33. The number of esters is 3. The molecule has 2 aliphatic heterocycles. The molecular formula is C33H27NO11. The molecule has 12 nitrogen and oxygen atoms in total. The van der Waals surface area contributed by atoms with Gasteiger partial charge in [-0.05, 0) is 36.4 Å². The van der Waals surface area contributed by atoms with Crippen LogP contribution in [-0.2, 0) is 19.9 Å². The number of carbonyl (C=O) groups excluding carboxylic acids is 4. The molecule has 0 atom stereocenters. The third-order valence-corrected chi connectivity index (χ3v) is 7.34. The molecule has 2 N–H and O–H groups in total. The minimum absolute atomic E-state index is 0.0508. The summed E-state index contributed by atoms with van der Waals surface area (Å²) in [5.74, 6) is -3.59. The predicted molar refractivity (Wildman–Crippen MR) is 154 cm³/mol. The van der Waals surface area contributed by atoms with Crippen LogP contribution in [0.2, 0.25) is 0 Å². The van der Waals surface area contributed by atoms with Crippen molar-refractivity contribution in [1.82, 2.24) is 4.73 Å². The minimum atomic E-state index is -1.56. The lowest BCUT2D eigenvalue weighted by Gasteiger charge is -2.36. The standard InChI is InChI=1S/C33H27NO11/c1-16(2)29(37)41-19-6-9-23-25(14-19)43-26-15-20(42-30(38)17(3)4)7-10-24(26)33(23)22-8-5-18(13-21(22)32(40)44-33)31(39)45-34-27(35)11-12-28(34)36/h5-17,35-36H,1-4H3. The van der Waals surface area contributed by atoms with Crippen LogP contribution in [0.1, 0.15) is 65.1 Å². The second kappa shape index (κ2) is 10.7. The van der Waals surface area contributed by atoms with Gasteiger partial charge in [-0.15, -0.1) is 4.73 Å². The smallest absolute Gasteiger partial charge is 0.363 e. The van der Waals surface area contributed by atoms with Crippen molar-refractivity contribution in [3.8, 4) is 34.8 Å². The van der Waals surface area contributed by atoms with E-state index in [9.17, 15) is 29.4 Å². The molecule has 0 radical (unpaired) electrons. The summed E-state index contributed by atoms with van der Waals surface area (Å²) >= 11 is 0. The van der Waals surface area contributed by atoms with Crippen LogP contribution in [0.15, 0.2) is 66.7 Å². The van der Waals surface area contributed by atoms with E-state index in [1.807, 2.05) is 0 Å². The zero-order valence-electron chi connectivity index (χ0n) is 24.5. The van der Waals surface area contributed by atoms with Crippen molar-refractivity contribution >= 4 is 23.9 Å². The first-order chi connectivity index (χ1) is 21.4. The van der Waals surface area contributed by atoms with Gasteiger partial charge in [0.2, 0.25) is 11.8 Å². The molecule has 1 aromatic heterocycles. The van der Waals surface area contributed by atoms with Crippen molar-refractivity contribution in [1.29, 1.82) is 0 Å². The van der Waals surface area contributed by atoms with Crippen LogP contribution < -0.4 is 19.0 Å². The Morgan fingerprint density at radius 3 is 1.76 bits per heavy atom. The highest BCUT2D eigenvalue weighted by atomic mass is 16.7. The van der Waals surface area contributed by atoms with Gasteiger partial charge in [0, 0.05) is 41.0 Å². The molecule has 12 heteroatoms. The molecule has 3 aromatic carbocycles. The number of nitrogens with zero attached hydrogens (tertiary/aromatic N) is 1. The Labute approximate surface area is 256 Å². The fourth-order valence-corrected chi connectivity index (χ4v) is 5.04. The van der Waals surface area contributed by atoms with Crippen molar-refractivity contribution in [3.63, 3.8) is 0 Å². The van der Waals surface area contributed by atoms with E-state index in [-0.39, 0.29) is 46.0 Å². The van der Waals surface area contributed by atoms with Crippen molar-refractivity contribution in [3.05, 3.63) is 94.5 Å². The molecular weight excluding hydrogens is 586 g/mol. The number of fused-ring (bicyclic) bond motifs is 6. The third-order valence-electron chi connectivity index (χ3n) is 7.34. The molecule has 45 heavy (non-hydrogen) atoms. The van der Waals surface area contributed by atoms with Gasteiger partial charge in [0.1, 0.15) is 23.0 Å². The lowest BCUT2D eigenvalue weighted by atomic mass is 9.77. The fraction of sp³-hybridized carbons (Fsp3) is 0.212. The second-order valence-corrected chi connectivity index (χ2v) is 11.1. The number of hydrogen-bond acceptors (Lipinski definition) is 11. The van der Waals surface area contributed by atoms with Crippen LogP contribution in [0.25, 0.3) is 0 Å². The van der Waals surface area contributed by atoms with E-state index < -0.39 is 41.2 Å². The first-order valence-corrected chi connectivity index (χ1v) is 14.0. The van der Waals surface area contributed by atoms with Crippen LogP contribution >= 0.6 is 0 Å². The number of rotatable bonds is 6. The zero-order valence-corrected chi connectivity index (χ0v) is 24.5. The summed E-state index contributed by atoms with van der Waals surface area (Å²) < 4.78 is 23.9. The van der Waals surface area contributed by atoms with Crippen LogP contribution in [-0.4, -0.2) is 38.8 Å². The van der Waals surface area contributed by atoms with Gasteiger partial charge in [0.05, 0.1) is 23.0 Å². The summed E-state index contributed by atoms with van der Waals surface area (Å²) in [6, 6.07) is 15.9. The van der Waals surface area contributed by atoms with Gasteiger partial charge in [-0.1, -0.05) is 33.8 Å². The Balaban J connectivity index is 1.47. The third kappa shape index (κ3) is 4.89. The molecule has 0 unspecified atom stereocenters. The Hall–Kier alpha value is -5.78. The van der Waals surface area contributed by atoms with Gasteiger partial charge in [0.25, 0.3) is 0 Å². The quantitative estimate of drug-likeness (QED) is 0.226. The summed E-state index contributed by atoms with van der Waals surface area (Å²) in [5.41, 5.74) is -0.368. The fourth-order valence-electron chi connectivity index (χ4n) is 5.04. The SMILES string of the molecule is CC(C)C(=O)Oc1ccc2c(c1)Oc1cc(OC(=O)C(C)C)ccc1C21OC(=O)c2cc(C(=O)On3c(O)ccc3O)ccc21. The summed E-state index contributed by atoms with van der Waals surface area (Å²) in [6.07, 6.45) is 0. The molecule has 2 aliphatic rings. The monoisotopic (exact) mass is 613 g/mol. The number of aromatic hydroxyl groups is 2. The van der Waals surface area contributed by atoms with Gasteiger partial charge in [0.15, 0.2) is 5.60 Å². The van der Waals surface area contributed by atoms with Crippen molar-refractivity contribution in [2.45, 2.75) is 33.3 Å². The summed E-state index contributed by atoms with van der Waals surface area (Å²) in [6.45, 7) is 6.80. The molecule has 0 aliphatic carbocycles. The van der Waals surface area contributed by atoms with Crippen molar-refractivity contribution in [2.75, 3.05) is 0 Å². The zero-order chi connectivity index (χ0) is 32.2. The minimum Gasteiger partial charge on any atom is -0.492 e. The highest BCUT2D eigenvalue weighted by Gasteiger charge is 2.54. The van der Waals surface area contributed by atoms with E-state index in [1.54, 1.807) is 52.0 Å². The van der Waals surface area contributed by atoms with Crippen LogP contribution in [0, 0.1) is 11.8 Å². The number of carbonyl (C=O) groups is 4. The van der Waals surface area contributed by atoms with Crippen molar-refractivity contribution < 1.29 is 53.2 Å². The van der Waals surface area contributed by atoms with E-state index in [4.69, 9.17) is 23.8 Å². The summed E-state index contributed by atoms with van der Waals surface area (Å²) in [5, 5.41) is 19.7. The van der Waals surface area contributed by atoms with Gasteiger partial charge in [-0.3, -0.25) is 9.59 Å². The van der Waals surface area contributed by atoms with Gasteiger partial charge in [-0.2, -0.15) is 0 Å². The second-order valence-electron chi connectivity index (χ2n) is 11.1. The Bertz CT molecular complexity index is 1810. The summed E-state index contributed by atoms with van der Waals surface area (Å²) in [4.78, 5) is 56.1. The lowest BCUT2D eigenvalue weighted by molar-refractivity contribution is -0.138. The Morgan fingerprint density at radius 2 is 1.24 bits per heavy atom. The molecule has 4 aromatic rings. The topological polar surface area (TPSA) is 160 Å². The number of aromatic nitrogens is 1. The first kappa shape index (κ1) is 29.3. The van der Waals surface area contributed by atoms with E-state index in [0.717, 1.165) is 12.1 Å². The highest BCUT2D eigenvalue weighted by molar-refractivity contribution is 6.00. The Morgan fingerprint density at radius 1 is 0.733 bits per heavy atom. The molecule has 0 fully saturated rings. The van der Waals surface area contributed by atoms with E-state index in [2.05, 4.69) is 0 Å². The van der Waals surface area contributed by atoms with Crippen LogP contribution in [0.5, 0.6) is 34.8 Å². The van der Waals surface area contributed by atoms with E-state index in [1.165, 1.54) is 30.3 Å². The first-order valence-electron chi connectivity index (χ1n) is 14.0. The molecule has 0 saturated carbocycles. The maximum atomic E-state index is 13.5. The van der Waals surface area contributed by atoms with E-state index >= 15 is 0 Å². The molecule has 0 bridgehead atoms. The van der Waals surface area contributed by atoms with Gasteiger partial charge in [-0.25, -0.2) is 9.59 Å². The van der Waals surface area contributed by atoms with Gasteiger partial charge >= 0.3 is 23.9 Å². The number of hydrogen-bond donors (Lipinski definition) is 2. The molecule has 0 saturated heterocycles.